The molecule has 0 saturated carbocycles. The minimum Gasteiger partial charge on any atom is -0.316 e. The monoisotopic (exact) mass is 196 g/mol. The van der Waals surface area contributed by atoms with Gasteiger partial charge >= 0.3 is 0 Å². The first-order valence-corrected chi connectivity index (χ1v) is 6.13. The normalized spacial score (nSPS) is 33.6. The highest BCUT2D eigenvalue weighted by Gasteiger charge is 2.39. The van der Waals surface area contributed by atoms with Crippen LogP contribution >= 0.6 is 0 Å². The second-order valence-corrected chi connectivity index (χ2v) is 5.64. The fraction of sp³-hybridized carbons (Fsp3) is 1.00. The second-order valence-electron chi connectivity index (χ2n) is 5.64. The molecule has 0 aromatic rings. The highest BCUT2D eigenvalue weighted by atomic mass is 15.2. The summed E-state index contributed by atoms with van der Waals surface area (Å²) in [5, 5.41) is 3.51. The minimum atomic E-state index is 0.664. The van der Waals surface area contributed by atoms with Gasteiger partial charge in [-0.1, -0.05) is 13.8 Å². The minimum absolute atomic E-state index is 0.664. The van der Waals surface area contributed by atoms with Crippen molar-refractivity contribution in [2.75, 3.05) is 32.7 Å². The van der Waals surface area contributed by atoms with Crippen molar-refractivity contribution in [2.24, 2.45) is 11.3 Å². The molecule has 1 spiro atoms. The third-order valence-corrected chi connectivity index (χ3v) is 3.87. The lowest BCUT2D eigenvalue weighted by Gasteiger charge is -2.23. The van der Waals surface area contributed by atoms with Crippen LogP contribution in [0.15, 0.2) is 0 Å². The Balaban J connectivity index is 1.76. The van der Waals surface area contributed by atoms with Crippen molar-refractivity contribution >= 4 is 0 Å². The lowest BCUT2D eigenvalue weighted by molar-refractivity contribution is 0.262. The van der Waals surface area contributed by atoms with Crippen molar-refractivity contribution in [1.82, 2.24) is 10.2 Å². The van der Waals surface area contributed by atoms with Gasteiger partial charge in [-0.15, -0.1) is 0 Å². The van der Waals surface area contributed by atoms with Crippen LogP contribution < -0.4 is 5.32 Å². The van der Waals surface area contributed by atoms with E-state index in [1.54, 1.807) is 0 Å². The van der Waals surface area contributed by atoms with Gasteiger partial charge in [-0.25, -0.2) is 0 Å². The first-order valence-electron chi connectivity index (χ1n) is 6.13. The Kier molecular flexibility index (Phi) is 3.13. The molecule has 1 unspecified atom stereocenters. The lowest BCUT2D eigenvalue weighted by atomic mass is 9.86. The molecule has 1 N–H and O–H groups in total. The van der Waals surface area contributed by atoms with Crippen molar-refractivity contribution in [1.29, 1.82) is 0 Å². The summed E-state index contributed by atoms with van der Waals surface area (Å²) in [5.74, 6) is 0.855. The van der Waals surface area contributed by atoms with Crippen molar-refractivity contribution < 1.29 is 0 Å². The van der Waals surface area contributed by atoms with Crippen LogP contribution in [0.5, 0.6) is 0 Å². The van der Waals surface area contributed by atoms with E-state index in [2.05, 4.69) is 24.1 Å². The zero-order valence-electron chi connectivity index (χ0n) is 9.68. The molecular formula is C12H24N2. The molecule has 2 saturated heterocycles. The summed E-state index contributed by atoms with van der Waals surface area (Å²) in [4.78, 5) is 2.67. The summed E-state index contributed by atoms with van der Waals surface area (Å²) in [6.07, 6.45) is 4.20. The van der Waals surface area contributed by atoms with E-state index in [0.29, 0.717) is 5.41 Å². The molecular weight excluding hydrogens is 172 g/mol. The van der Waals surface area contributed by atoms with E-state index in [9.17, 15) is 0 Å². The summed E-state index contributed by atoms with van der Waals surface area (Å²) >= 11 is 0. The highest BCUT2D eigenvalue weighted by Crippen LogP contribution is 2.35. The van der Waals surface area contributed by atoms with Crippen LogP contribution in [0.2, 0.25) is 0 Å². The largest absolute Gasteiger partial charge is 0.316 e. The van der Waals surface area contributed by atoms with Crippen molar-refractivity contribution in [3.63, 3.8) is 0 Å². The molecule has 14 heavy (non-hydrogen) atoms. The quantitative estimate of drug-likeness (QED) is 0.739. The molecule has 0 radical (unpaired) electrons. The average molecular weight is 196 g/mol. The molecule has 2 aliphatic heterocycles. The third kappa shape index (κ3) is 2.29. The second kappa shape index (κ2) is 4.19. The Hall–Kier alpha value is -0.0800. The van der Waals surface area contributed by atoms with E-state index in [-0.39, 0.29) is 0 Å². The number of nitrogens with zero attached hydrogens (tertiary/aromatic N) is 1. The van der Waals surface area contributed by atoms with E-state index in [4.69, 9.17) is 0 Å². The van der Waals surface area contributed by atoms with Gasteiger partial charge in [-0.3, -0.25) is 0 Å². The average Bonchev–Trinajstić information content (AvgIpc) is 2.74. The summed E-state index contributed by atoms with van der Waals surface area (Å²) < 4.78 is 0. The first-order chi connectivity index (χ1) is 6.70. The molecule has 2 heteroatoms. The van der Waals surface area contributed by atoms with Crippen molar-refractivity contribution in [2.45, 2.75) is 33.1 Å². The number of rotatable bonds is 3. The van der Waals surface area contributed by atoms with Crippen molar-refractivity contribution in [3.8, 4) is 0 Å². The standard InChI is InChI=1S/C12H24N2/c1-11(2)3-7-14-8-5-12(10-14)4-6-13-9-12/h11,13H,3-10H2,1-2H3. The number of likely N-dealkylation sites (tertiary alicyclic amines) is 1. The first kappa shape index (κ1) is 10.4. The molecule has 82 valence electrons. The van der Waals surface area contributed by atoms with Crippen LogP contribution in [-0.2, 0) is 0 Å². The summed E-state index contributed by atoms with van der Waals surface area (Å²) in [6, 6.07) is 0. The van der Waals surface area contributed by atoms with E-state index in [1.807, 2.05) is 0 Å². The zero-order valence-corrected chi connectivity index (χ0v) is 9.68. The van der Waals surface area contributed by atoms with Crippen LogP contribution in [-0.4, -0.2) is 37.6 Å². The van der Waals surface area contributed by atoms with Gasteiger partial charge in [0.2, 0.25) is 0 Å². The molecule has 0 aromatic heterocycles. The summed E-state index contributed by atoms with van der Waals surface area (Å²) in [5.41, 5.74) is 0.664. The fourth-order valence-electron chi connectivity index (χ4n) is 2.80. The molecule has 0 bridgehead atoms. The van der Waals surface area contributed by atoms with Crippen LogP contribution in [0.25, 0.3) is 0 Å². The predicted octanol–water partition coefficient (Wildman–Crippen LogP) is 1.72. The maximum Gasteiger partial charge on any atom is 0.00511 e. The van der Waals surface area contributed by atoms with E-state index >= 15 is 0 Å². The van der Waals surface area contributed by atoms with Gasteiger partial charge in [0.1, 0.15) is 0 Å². The molecule has 0 amide bonds. The van der Waals surface area contributed by atoms with Gasteiger partial charge in [0.25, 0.3) is 0 Å². The van der Waals surface area contributed by atoms with Crippen LogP contribution in [0.4, 0.5) is 0 Å². The van der Waals surface area contributed by atoms with Gasteiger partial charge < -0.3 is 10.2 Å². The topological polar surface area (TPSA) is 15.3 Å². The third-order valence-electron chi connectivity index (χ3n) is 3.87. The van der Waals surface area contributed by atoms with E-state index < -0.39 is 0 Å². The van der Waals surface area contributed by atoms with Gasteiger partial charge in [-0.2, -0.15) is 0 Å². The van der Waals surface area contributed by atoms with Crippen LogP contribution in [0, 0.1) is 11.3 Å². The molecule has 2 heterocycles. The lowest BCUT2D eigenvalue weighted by Crippen LogP contribution is -2.30. The predicted molar refractivity (Wildman–Crippen MR) is 60.4 cm³/mol. The zero-order chi connectivity index (χ0) is 10.0. The molecule has 0 aromatic carbocycles. The molecule has 0 aliphatic carbocycles. The Morgan fingerprint density at radius 3 is 2.86 bits per heavy atom. The molecule has 2 nitrogen and oxygen atoms in total. The van der Waals surface area contributed by atoms with Gasteiger partial charge in [0, 0.05) is 13.1 Å². The summed E-state index contributed by atoms with van der Waals surface area (Å²) in [6.45, 7) is 11.2. The maximum atomic E-state index is 3.51. The fourth-order valence-corrected chi connectivity index (χ4v) is 2.80. The molecule has 2 fully saturated rings. The number of nitrogens with one attached hydrogen (secondary N) is 1. The smallest absolute Gasteiger partial charge is 0.00511 e. The SMILES string of the molecule is CC(C)CCN1CCC2(CCNC2)C1. The molecule has 2 aliphatic rings. The Bertz CT molecular complexity index is 183. The van der Waals surface area contributed by atoms with Gasteiger partial charge in [-0.05, 0) is 50.2 Å². The van der Waals surface area contributed by atoms with Crippen molar-refractivity contribution in [3.05, 3.63) is 0 Å². The number of hydrogen-bond donors (Lipinski definition) is 1. The van der Waals surface area contributed by atoms with Gasteiger partial charge in [0.05, 0.1) is 0 Å². The number of hydrogen-bond acceptors (Lipinski definition) is 2. The van der Waals surface area contributed by atoms with Crippen LogP contribution in [0.1, 0.15) is 33.1 Å². The summed E-state index contributed by atoms with van der Waals surface area (Å²) in [7, 11) is 0. The Morgan fingerprint density at radius 1 is 1.36 bits per heavy atom. The van der Waals surface area contributed by atoms with Crippen LogP contribution in [0.3, 0.4) is 0 Å². The van der Waals surface area contributed by atoms with E-state index in [0.717, 1.165) is 5.92 Å². The highest BCUT2D eigenvalue weighted by molar-refractivity contribution is 4.95. The molecule has 1 atom stereocenters. The maximum absolute atomic E-state index is 3.51. The molecule has 2 rings (SSSR count). The Labute approximate surface area is 88.1 Å². The van der Waals surface area contributed by atoms with E-state index in [1.165, 1.54) is 52.0 Å². The van der Waals surface area contributed by atoms with Gasteiger partial charge in [0.15, 0.2) is 0 Å². The Morgan fingerprint density at radius 2 is 2.21 bits per heavy atom.